The van der Waals surface area contributed by atoms with E-state index in [1.165, 1.54) is 12.1 Å². The van der Waals surface area contributed by atoms with Crippen LogP contribution in [0.25, 0.3) is 11.4 Å². The Morgan fingerprint density at radius 1 is 1.19 bits per heavy atom. The summed E-state index contributed by atoms with van der Waals surface area (Å²) in [7, 11) is -4.57. The second-order valence-corrected chi connectivity index (χ2v) is 7.73. The first-order valence-electron chi connectivity index (χ1n) is 8.36. The van der Waals surface area contributed by atoms with Crippen LogP contribution in [0.1, 0.15) is 17.0 Å². The molecule has 1 aliphatic heterocycles. The number of fused-ring (bicyclic) bond motifs is 1. The fraction of sp³-hybridized carbons (Fsp3) is 0.222. The molecule has 9 heteroatoms. The van der Waals surface area contributed by atoms with Crippen LogP contribution in [-0.2, 0) is 29.6 Å². The standard InChI is InChI=1S/C18H18N4O4S/c19-14-3-1-12(2-4-14)18-20-9-13-10-22(8-7-16(13)21-18)11-15-5-6-17(26-15)27(23,24)25/h1-6,9H,7-8,10-11,19H2,(H,23,24,25)/p-1. The summed E-state index contributed by atoms with van der Waals surface area (Å²) in [6, 6.07) is 10.1. The SMILES string of the molecule is Nc1ccc(-c2ncc3c(n2)CCN(Cc2ccc(S(=O)(=O)[O-])o2)C3)cc1. The van der Waals surface area contributed by atoms with Crippen molar-refractivity contribution < 1.29 is 17.4 Å². The maximum absolute atomic E-state index is 11.0. The molecule has 1 aliphatic rings. The zero-order chi connectivity index (χ0) is 19.0. The largest absolute Gasteiger partial charge is 0.742 e. The molecule has 0 atom stereocenters. The van der Waals surface area contributed by atoms with Crippen molar-refractivity contribution in [3.63, 3.8) is 0 Å². The average Bonchev–Trinajstić information content (AvgIpc) is 3.11. The average molecular weight is 385 g/mol. The van der Waals surface area contributed by atoms with Gasteiger partial charge in [-0.1, -0.05) is 0 Å². The van der Waals surface area contributed by atoms with Gasteiger partial charge in [-0.2, -0.15) is 0 Å². The van der Waals surface area contributed by atoms with E-state index < -0.39 is 15.2 Å². The van der Waals surface area contributed by atoms with Crippen molar-refractivity contribution in [2.45, 2.75) is 24.6 Å². The Balaban J connectivity index is 1.49. The third-order valence-electron chi connectivity index (χ3n) is 4.44. The van der Waals surface area contributed by atoms with E-state index in [9.17, 15) is 13.0 Å². The van der Waals surface area contributed by atoms with Gasteiger partial charge in [-0.25, -0.2) is 18.4 Å². The molecule has 2 N–H and O–H groups in total. The minimum absolute atomic E-state index is 0.411. The second kappa shape index (κ2) is 6.76. The van der Waals surface area contributed by atoms with Crippen LogP contribution in [0.5, 0.6) is 0 Å². The highest BCUT2D eigenvalue weighted by atomic mass is 32.2. The summed E-state index contributed by atoms with van der Waals surface area (Å²) in [5, 5.41) is -0.550. The third kappa shape index (κ3) is 3.85. The molecule has 0 bridgehead atoms. The molecule has 0 unspecified atom stereocenters. The van der Waals surface area contributed by atoms with Gasteiger partial charge in [-0.3, -0.25) is 4.90 Å². The lowest BCUT2D eigenvalue weighted by atomic mass is 10.1. The quantitative estimate of drug-likeness (QED) is 0.532. The van der Waals surface area contributed by atoms with E-state index in [0.717, 1.165) is 29.8 Å². The molecule has 3 aromatic rings. The van der Waals surface area contributed by atoms with E-state index >= 15 is 0 Å². The minimum atomic E-state index is -4.57. The van der Waals surface area contributed by atoms with Crippen molar-refractivity contribution >= 4 is 15.8 Å². The molecule has 0 spiro atoms. The molecular formula is C18H17N4O4S-. The van der Waals surface area contributed by atoms with Crippen LogP contribution in [0.15, 0.2) is 52.1 Å². The summed E-state index contributed by atoms with van der Waals surface area (Å²) in [4.78, 5) is 11.2. The first-order valence-corrected chi connectivity index (χ1v) is 9.77. The Morgan fingerprint density at radius 2 is 1.96 bits per heavy atom. The van der Waals surface area contributed by atoms with Crippen molar-refractivity contribution in [2.75, 3.05) is 12.3 Å². The van der Waals surface area contributed by atoms with Crippen molar-refractivity contribution in [3.05, 3.63) is 59.6 Å². The summed E-state index contributed by atoms with van der Waals surface area (Å²) in [6.45, 7) is 1.78. The van der Waals surface area contributed by atoms with E-state index in [1.807, 2.05) is 30.5 Å². The second-order valence-electron chi connectivity index (χ2n) is 6.42. The lowest BCUT2D eigenvalue weighted by Crippen LogP contribution is -2.30. The predicted octanol–water partition coefficient (Wildman–Crippen LogP) is 1.78. The Bertz CT molecular complexity index is 1080. The normalized spacial score (nSPS) is 14.9. The Kier molecular flexibility index (Phi) is 4.42. The van der Waals surface area contributed by atoms with Gasteiger partial charge in [0.05, 0.1) is 12.2 Å². The summed E-state index contributed by atoms with van der Waals surface area (Å²) in [5.41, 5.74) is 9.33. The lowest BCUT2D eigenvalue weighted by Gasteiger charge is -2.27. The number of rotatable bonds is 4. The van der Waals surface area contributed by atoms with Crippen molar-refractivity contribution in [2.24, 2.45) is 0 Å². The number of hydrogen-bond donors (Lipinski definition) is 1. The van der Waals surface area contributed by atoms with Gasteiger partial charge in [0.1, 0.15) is 5.76 Å². The van der Waals surface area contributed by atoms with Gasteiger partial charge in [-0.15, -0.1) is 0 Å². The number of nitrogens with two attached hydrogens (primary N) is 1. The maximum atomic E-state index is 11.0. The van der Waals surface area contributed by atoms with Crippen LogP contribution < -0.4 is 5.73 Å². The van der Waals surface area contributed by atoms with Crippen LogP contribution in [-0.4, -0.2) is 34.4 Å². The number of nitrogens with zero attached hydrogens (tertiary/aromatic N) is 3. The molecule has 0 saturated heterocycles. The van der Waals surface area contributed by atoms with Gasteiger partial charge in [0.15, 0.2) is 15.9 Å². The van der Waals surface area contributed by atoms with Crippen LogP contribution >= 0.6 is 0 Å². The first kappa shape index (κ1) is 17.7. The van der Waals surface area contributed by atoms with Crippen molar-refractivity contribution in [3.8, 4) is 11.4 Å². The molecule has 8 nitrogen and oxygen atoms in total. The molecule has 0 aliphatic carbocycles. The smallest absolute Gasteiger partial charge is 0.205 e. The fourth-order valence-corrected chi connectivity index (χ4v) is 3.52. The third-order valence-corrected chi connectivity index (χ3v) is 5.16. The van der Waals surface area contributed by atoms with Gasteiger partial charge in [0.2, 0.25) is 5.09 Å². The molecule has 0 amide bonds. The maximum Gasteiger partial charge on any atom is 0.205 e. The van der Waals surface area contributed by atoms with E-state index in [-0.39, 0.29) is 0 Å². The van der Waals surface area contributed by atoms with Gasteiger partial charge in [0, 0.05) is 42.5 Å². The highest BCUT2D eigenvalue weighted by molar-refractivity contribution is 7.85. The topological polar surface area (TPSA) is 125 Å². The molecule has 0 radical (unpaired) electrons. The summed E-state index contributed by atoms with van der Waals surface area (Å²) in [5.74, 6) is 1.10. The summed E-state index contributed by atoms with van der Waals surface area (Å²) >= 11 is 0. The van der Waals surface area contributed by atoms with Gasteiger partial charge < -0.3 is 14.7 Å². The van der Waals surface area contributed by atoms with E-state index in [0.29, 0.717) is 30.4 Å². The molecule has 0 saturated carbocycles. The van der Waals surface area contributed by atoms with E-state index in [4.69, 9.17) is 10.2 Å². The highest BCUT2D eigenvalue weighted by Crippen LogP contribution is 2.23. The van der Waals surface area contributed by atoms with E-state index in [2.05, 4.69) is 14.9 Å². The summed E-state index contributed by atoms with van der Waals surface area (Å²) < 4.78 is 38.1. The Morgan fingerprint density at radius 3 is 2.67 bits per heavy atom. The van der Waals surface area contributed by atoms with Crippen LogP contribution in [0.3, 0.4) is 0 Å². The van der Waals surface area contributed by atoms with Gasteiger partial charge in [-0.05, 0) is 36.4 Å². The molecule has 140 valence electrons. The van der Waals surface area contributed by atoms with Crippen molar-refractivity contribution in [1.29, 1.82) is 0 Å². The molecular weight excluding hydrogens is 368 g/mol. The molecule has 3 heterocycles. The van der Waals surface area contributed by atoms with Crippen LogP contribution in [0, 0.1) is 0 Å². The number of furan rings is 1. The Labute approximate surface area is 156 Å². The van der Waals surface area contributed by atoms with Crippen LogP contribution in [0.2, 0.25) is 0 Å². The fourth-order valence-electron chi connectivity index (χ4n) is 3.08. The number of hydrogen-bond acceptors (Lipinski definition) is 8. The molecule has 2 aromatic heterocycles. The predicted molar refractivity (Wildman–Crippen MR) is 96.4 cm³/mol. The van der Waals surface area contributed by atoms with Gasteiger partial charge >= 0.3 is 0 Å². The zero-order valence-electron chi connectivity index (χ0n) is 14.3. The van der Waals surface area contributed by atoms with Gasteiger partial charge in [0.25, 0.3) is 0 Å². The minimum Gasteiger partial charge on any atom is -0.742 e. The number of benzene rings is 1. The number of anilines is 1. The summed E-state index contributed by atoms with van der Waals surface area (Å²) in [6.07, 6.45) is 2.56. The van der Waals surface area contributed by atoms with Crippen molar-refractivity contribution in [1.82, 2.24) is 14.9 Å². The lowest BCUT2D eigenvalue weighted by molar-refractivity contribution is 0.216. The Hall–Kier alpha value is -2.75. The molecule has 0 fully saturated rings. The molecule has 4 rings (SSSR count). The highest BCUT2D eigenvalue weighted by Gasteiger charge is 2.20. The monoisotopic (exact) mass is 385 g/mol. The molecule has 27 heavy (non-hydrogen) atoms. The first-order chi connectivity index (χ1) is 12.9. The number of aromatic nitrogens is 2. The van der Waals surface area contributed by atoms with Crippen LogP contribution in [0.4, 0.5) is 5.69 Å². The van der Waals surface area contributed by atoms with E-state index in [1.54, 1.807) is 0 Å². The number of nitrogen functional groups attached to an aromatic ring is 1. The molecule has 1 aromatic carbocycles. The zero-order valence-corrected chi connectivity index (χ0v) is 15.1.